The predicted octanol–water partition coefficient (Wildman–Crippen LogP) is 2.18. The molecule has 0 saturated heterocycles. The van der Waals surface area contributed by atoms with Crippen LogP contribution >= 0.6 is 15.9 Å². The third-order valence-electron chi connectivity index (χ3n) is 3.63. The molecule has 0 bridgehead atoms. The van der Waals surface area contributed by atoms with Gasteiger partial charge in [-0.05, 0) is 30.5 Å². The van der Waals surface area contributed by atoms with E-state index in [9.17, 15) is 9.90 Å². The fourth-order valence-corrected chi connectivity index (χ4v) is 3.15. The van der Waals surface area contributed by atoms with Crippen LogP contribution in [0.2, 0.25) is 0 Å². The summed E-state index contributed by atoms with van der Waals surface area (Å²) in [7, 11) is 0. The number of hydrogen-bond acceptors (Lipinski definition) is 3. The highest BCUT2D eigenvalue weighted by molar-refractivity contribution is 9.10. The van der Waals surface area contributed by atoms with Crippen LogP contribution in [-0.4, -0.2) is 23.6 Å². The summed E-state index contributed by atoms with van der Waals surface area (Å²) >= 11 is 3.45. The molecule has 1 fully saturated rings. The molecule has 0 aromatic heterocycles. The van der Waals surface area contributed by atoms with Crippen LogP contribution < -0.4 is 10.6 Å². The number of primary amides is 1. The van der Waals surface area contributed by atoms with Crippen molar-refractivity contribution in [1.82, 2.24) is 0 Å². The molecule has 5 heteroatoms. The average molecular weight is 327 g/mol. The lowest BCUT2D eigenvalue weighted by molar-refractivity contribution is -0.116. The molecule has 1 aromatic carbocycles. The number of aliphatic hydroxyl groups excluding tert-OH is 1. The van der Waals surface area contributed by atoms with Gasteiger partial charge in [0.25, 0.3) is 0 Å². The van der Waals surface area contributed by atoms with Crippen molar-refractivity contribution >= 4 is 27.5 Å². The maximum absolute atomic E-state index is 11.3. The summed E-state index contributed by atoms with van der Waals surface area (Å²) in [5, 5.41) is 9.19. The Morgan fingerprint density at radius 1 is 1.42 bits per heavy atom. The van der Waals surface area contributed by atoms with E-state index >= 15 is 0 Å². The normalized spacial score (nSPS) is 15.7. The molecule has 0 heterocycles. The molecule has 1 aromatic rings. The number of rotatable bonds is 5. The van der Waals surface area contributed by atoms with Crippen molar-refractivity contribution < 1.29 is 9.90 Å². The number of benzene rings is 1. The van der Waals surface area contributed by atoms with Crippen LogP contribution in [0, 0.1) is 0 Å². The fourth-order valence-electron chi connectivity index (χ4n) is 2.66. The second kappa shape index (κ2) is 6.39. The molecular formula is C14H19BrN2O2. The van der Waals surface area contributed by atoms with Crippen molar-refractivity contribution in [2.75, 3.05) is 11.4 Å². The topological polar surface area (TPSA) is 66.6 Å². The fraction of sp³-hybridized carbons (Fsp3) is 0.500. The van der Waals surface area contributed by atoms with Gasteiger partial charge < -0.3 is 15.7 Å². The number of carbonyl (C=O) groups is 1. The highest BCUT2D eigenvalue weighted by Gasteiger charge is 2.24. The number of nitrogens with zero attached hydrogens (tertiary/aromatic N) is 1. The Morgan fingerprint density at radius 3 is 2.63 bits per heavy atom. The number of amides is 1. The Kier molecular flexibility index (Phi) is 4.82. The molecule has 0 spiro atoms. The summed E-state index contributed by atoms with van der Waals surface area (Å²) < 4.78 is 0.861. The molecule has 3 N–H and O–H groups in total. The monoisotopic (exact) mass is 326 g/mol. The van der Waals surface area contributed by atoms with Gasteiger partial charge >= 0.3 is 0 Å². The summed E-state index contributed by atoms with van der Waals surface area (Å²) in [6.45, 7) is 0.246. The number of aliphatic hydroxyl groups is 1. The van der Waals surface area contributed by atoms with E-state index in [1.54, 1.807) is 0 Å². The quantitative estimate of drug-likeness (QED) is 0.871. The van der Waals surface area contributed by atoms with Gasteiger partial charge in [0.05, 0.1) is 13.2 Å². The highest BCUT2D eigenvalue weighted by atomic mass is 79.9. The minimum Gasteiger partial charge on any atom is -0.392 e. The molecule has 1 aliphatic rings. The van der Waals surface area contributed by atoms with Crippen LogP contribution in [0.1, 0.15) is 31.2 Å². The minimum atomic E-state index is -0.311. The second-order valence-electron chi connectivity index (χ2n) is 4.97. The number of nitrogens with two attached hydrogens (primary N) is 1. The summed E-state index contributed by atoms with van der Waals surface area (Å²) in [6.07, 6.45) is 4.62. The second-order valence-corrected chi connectivity index (χ2v) is 5.82. The van der Waals surface area contributed by atoms with E-state index in [0.717, 1.165) is 28.6 Å². The number of carbonyl (C=O) groups excluding carboxylic acids is 1. The first-order chi connectivity index (χ1) is 9.11. The third-order valence-corrected chi connectivity index (χ3v) is 4.37. The molecule has 2 rings (SSSR count). The molecule has 1 aliphatic carbocycles. The largest absolute Gasteiger partial charge is 0.392 e. The summed E-state index contributed by atoms with van der Waals surface area (Å²) in [4.78, 5) is 13.4. The summed E-state index contributed by atoms with van der Waals surface area (Å²) in [5.74, 6) is -0.311. The molecule has 1 saturated carbocycles. The van der Waals surface area contributed by atoms with Crippen LogP contribution in [0.5, 0.6) is 0 Å². The van der Waals surface area contributed by atoms with Gasteiger partial charge in [-0.25, -0.2) is 0 Å². The third kappa shape index (κ3) is 3.48. The zero-order valence-corrected chi connectivity index (χ0v) is 12.4. The van der Waals surface area contributed by atoms with Crippen LogP contribution in [0.25, 0.3) is 0 Å². The Bertz CT molecular complexity index is 459. The molecule has 0 atom stereocenters. The lowest BCUT2D eigenvalue weighted by atomic mass is 10.1. The maximum atomic E-state index is 11.3. The van der Waals surface area contributed by atoms with E-state index in [0.29, 0.717) is 6.04 Å². The number of anilines is 1. The first-order valence-corrected chi connectivity index (χ1v) is 7.35. The van der Waals surface area contributed by atoms with Gasteiger partial charge in [-0.15, -0.1) is 0 Å². The van der Waals surface area contributed by atoms with E-state index in [1.165, 1.54) is 12.8 Å². The minimum absolute atomic E-state index is 0.000110. The molecule has 1 amide bonds. The zero-order chi connectivity index (χ0) is 13.8. The molecule has 0 unspecified atom stereocenters. The summed E-state index contributed by atoms with van der Waals surface area (Å²) in [5.41, 5.74) is 7.18. The van der Waals surface area contributed by atoms with E-state index in [4.69, 9.17) is 5.73 Å². The molecule has 0 radical (unpaired) electrons. The molecular weight excluding hydrogens is 308 g/mol. The van der Waals surface area contributed by atoms with Gasteiger partial charge in [0.2, 0.25) is 5.91 Å². The van der Waals surface area contributed by atoms with Crippen LogP contribution in [-0.2, 0) is 11.4 Å². The Balaban J connectivity index is 2.26. The van der Waals surface area contributed by atoms with Gasteiger partial charge in [-0.3, -0.25) is 4.79 Å². The van der Waals surface area contributed by atoms with Gasteiger partial charge in [0.1, 0.15) is 0 Å². The van der Waals surface area contributed by atoms with Gasteiger partial charge in [-0.2, -0.15) is 0 Å². The number of halogens is 1. The maximum Gasteiger partial charge on any atom is 0.236 e. The van der Waals surface area contributed by atoms with Crippen molar-refractivity contribution in [3.63, 3.8) is 0 Å². The Labute approximate surface area is 121 Å². The molecule has 19 heavy (non-hydrogen) atoms. The van der Waals surface area contributed by atoms with E-state index < -0.39 is 0 Å². The van der Waals surface area contributed by atoms with Crippen LogP contribution in [0.3, 0.4) is 0 Å². The number of hydrogen-bond donors (Lipinski definition) is 2. The molecule has 4 nitrogen and oxygen atoms in total. The molecule has 104 valence electrons. The summed E-state index contributed by atoms with van der Waals surface area (Å²) in [6, 6.07) is 6.16. The predicted molar refractivity (Wildman–Crippen MR) is 78.9 cm³/mol. The van der Waals surface area contributed by atoms with Crippen molar-refractivity contribution in [2.45, 2.75) is 38.3 Å². The van der Waals surface area contributed by atoms with E-state index in [2.05, 4.69) is 20.8 Å². The van der Waals surface area contributed by atoms with Crippen molar-refractivity contribution in [2.24, 2.45) is 5.73 Å². The first-order valence-electron chi connectivity index (χ1n) is 6.56. The van der Waals surface area contributed by atoms with Crippen molar-refractivity contribution in [3.8, 4) is 0 Å². The SMILES string of the molecule is NC(=O)CN(c1ccc(CO)c(Br)c1)C1CCCC1. The first kappa shape index (κ1) is 14.3. The van der Waals surface area contributed by atoms with Gasteiger partial charge in [0, 0.05) is 16.2 Å². The molecule has 0 aliphatic heterocycles. The average Bonchev–Trinajstić information content (AvgIpc) is 2.89. The standard InChI is InChI=1S/C14H19BrN2O2/c15-13-7-12(6-5-10(13)9-18)17(8-14(16)19)11-3-1-2-4-11/h5-7,11,18H,1-4,8-9H2,(H2,16,19). The Hall–Kier alpha value is -1.07. The van der Waals surface area contributed by atoms with E-state index in [-0.39, 0.29) is 19.1 Å². The lowest BCUT2D eigenvalue weighted by Gasteiger charge is -2.30. The van der Waals surface area contributed by atoms with Gasteiger partial charge in [0.15, 0.2) is 0 Å². The van der Waals surface area contributed by atoms with E-state index in [1.807, 2.05) is 18.2 Å². The highest BCUT2D eigenvalue weighted by Crippen LogP contribution is 2.30. The Morgan fingerprint density at radius 2 is 2.11 bits per heavy atom. The smallest absolute Gasteiger partial charge is 0.236 e. The van der Waals surface area contributed by atoms with Crippen molar-refractivity contribution in [1.29, 1.82) is 0 Å². The van der Waals surface area contributed by atoms with Gasteiger partial charge in [-0.1, -0.05) is 34.8 Å². The van der Waals surface area contributed by atoms with Crippen LogP contribution in [0.4, 0.5) is 5.69 Å². The van der Waals surface area contributed by atoms with Crippen molar-refractivity contribution in [3.05, 3.63) is 28.2 Å². The zero-order valence-electron chi connectivity index (χ0n) is 10.8. The van der Waals surface area contributed by atoms with Crippen LogP contribution in [0.15, 0.2) is 22.7 Å². The lowest BCUT2D eigenvalue weighted by Crippen LogP contribution is -2.40.